The maximum atomic E-state index is 11.6. The highest BCUT2D eigenvalue weighted by molar-refractivity contribution is 7.86. The average Bonchev–Trinajstić information content (AvgIpc) is 2.83. The van der Waals surface area contributed by atoms with Gasteiger partial charge in [-0.3, -0.25) is 0 Å². The minimum Gasteiger partial charge on any atom is -0.383 e. The van der Waals surface area contributed by atoms with E-state index in [9.17, 15) is 13.2 Å². The lowest BCUT2D eigenvalue weighted by molar-refractivity contribution is 0.493. The zero-order chi connectivity index (χ0) is 15.0. The molecule has 21 heavy (non-hydrogen) atoms. The maximum Gasteiger partial charge on any atom is 0.347 e. The van der Waals surface area contributed by atoms with Crippen molar-refractivity contribution in [2.45, 2.75) is 0 Å². The van der Waals surface area contributed by atoms with Crippen molar-refractivity contribution >= 4 is 15.8 Å². The lowest BCUT2D eigenvalue weighted by atomic mass is 10.2. The van der Waals surface area contributed by atoms with Gasteiger partial charge in [-0.15, -0.1) is 0 Å². The highest BCUT2D eigenvalue weighted by atomic mass is 32.2. The van der Waals surface area contributed by atoms with E-state index in [1.54, 1.807) is 18.3 Å². The van der Waals surface area contributed by atoms with Crippen LogP contribution in [0.4, 0.5) is 0 Å². The van der Waals surface area contributed by atoms with Crippen molar-refractivity contribution in [1.29, 1.82) is 0 Å². The van der Waals surface area contributed by atoms with E-state index in [0.717, 1.165) is 11.8 Å². The van der Waals surface area contributed by atoms with Crippen LogP contribution in [-0.2, 0) is 10.1 Å². The monoisotopic (exact) mass is 306 g/mol. The van der Waals surface area contributed by atoms with Gasteiger partial charge in [-0.1, -0.05) is 0 Å². The van der Waals surface area contributed by atoms with Crippen molar-refractivity contribution < 1.29 is 12.6 Å². The summed E-state index contributed by atoms with van der Waals surface area (Å²) in [6, 6.07) is 6.35. The van der Waals surface area contributed by atoms with Crippen molar-refractivity contribution in [3.8, 4) is 17.0 Å². The predicted molar refractivity (Wildman–Crippen MR) is 74.5 cm³/mol. The quantitative estimate of drug-likeness (QED) is 0.703. The van der Waals surface area contributed by atoms with Gasteiger partial charge in [0.25, 0.3) is 0 Å². The van der Waals surface area contributed by atoms with Crippen molar-refractivity contribution in [2.24, 2.45) is 0 Å². The number of H-pyrrole nitrogens is 1. The topological polar surface area (TPSA) is 106 Å². The molecule has 0 radical (unpaired) electrons. The SMILES string of the molecule is CS(=O)(=O)Oc1ccc(-c2cn3c(=O)[nH]ncc3n2)cc1. The number of imidazole rings is 1. The third kappa shape index (κ3) is 2.77. The van der Waals surface area contributed by atoms with Crippen molar-refractivity contribution in [2.75, 3.05) is 6.26 Å². The Morgan fingerprint density at radius 2 is 1.95 bits per heavy atom. The zero-order valence-electron chi connectivity index (χ0n) is 10.8. The highest BCUT2D eigenvalue weighted by Gasteiger charge is 2.08. The number of fused-ring (bicyclic) bond motifs is 1. The van der Waals surface area contributed by atoms with E-state index in [2.05, 4.69) is 15.2 Å². The fraction of sp³-hybridized carbons (Fsp3) is 0.0833. The first-order valence-corrected chi connectivity index (χ1v) is 7.67. The second kappa shape index (κ2) is 4.70. The van der Waals surface area contributed by atoms with Crippen LogP contribution in [-0.4, -0.2) is 34.3 Å². The molecule has 3 rings (SSSR count). The van der Waals surface area contributed by atoms with Gasteiger partial charge in [0.2, 0.25) is 0 Å². The molecule has 1 N–H and O–H groups in total. The molecule has 0 aliphatic rings. The lowest BCUT2D eigenvalue weighted by Gasteiger charge is -2.03. The normalized spacial score (nSPS) is 11.7. The molecule has 0 saturated heterocycles. The molecule has 0 aliphatic heterocycles. The van der Waals surface area contributed by atoms with Gasteiger partial charge < -0.3 is 4.18 Å². The van der Waals surface area contributed by atoms with Crippen LogP contribution < -0.4 is 9.87 Å². The summed E-state index contributed by atoms with van der Waals surface area (Å²) in [5, 5.41) is 5.97. The van der Waals surface area contributed by atoms with Crippen molar-refractivity contribution in [3.63, 3.8) is 0 Å². The Bertz CT molecular complexity index is 957. The molecule has 0 fully saturated rings. The number of hydrogen-bond donors (Lipinski definition) is 1. The molecule has 0 saturated carbocycles. The number of aromatic nitrogens is 4. The molecule has 2 aromatic heterocycles. The zero-order valence-corrected chi connectivity index (χ0v) is 11.7. The number of rotatable bonds is 3. The van der Waals surface area contributed by atoms with E-state index in [4.69, 9.17) is 4.18 Å². The van der Waals surface area contributed by atoms with Crippen LogP contribution >= 0.6 is 0 Å². The van der Waals surface area contributed by atoms with E-state index in [1.807, 2.05) is 0 Å². The minimum absolute atomic E-state index is 0.213. The second-order valence-corrected chi connectivity index (χ2v) is 5.92. The van der Waals surface area contributed by atoms with Gasteiger partial charge in [0.05, 0.1) is 18.1 Å². The Kier molecular flexibility index (Phi) is 2.98. The first-order chi connectivity index (χ1) is 9.92. The maximum absolute atomic E-state index is 11.6. The molecule has 8 nitrogen and oxygen atoms in total. The van der Waals surface area contributed by atoms with Gasteiger partial charge in [0.1, 0.15) is 5.75 Å². The molecule has 0 unspecified atom stereocenters. The Labute approximate surface area is 119 Å². The largest absolute Gasteiger partial charge is 0.383 e. The summed E-state index contributed by atoms with van der Waals surface area (Å²) in [5.41, 5.74) is 1.33. The van der Waals surface area contributed by atoms with Crippen LogP contribution in [0.2, 0.25) is 0 Å². The van der Waals surface area contributed by atoms with Gasteiger partial charge in [-0.05, 0) is 24.3 Å². The second-order valence-electron chi connectivity index (χ2n) is 4.34. The molecule has 2 heterocycles. The Balaban J connectivity index is 1.99. The first kappa shape index (κ1) is 13.3. The third-order valence-electron chi connectivity index (χ3n) is 2.69. The molecular formula is C12H10N4O4S. The molecule has 1 aromatic carbocycles. The Hall–Kier alpha value is -2.68. The van der Waals surface area contributed by atoms with E-state index >= 15 is 0 Å². The standard InChI is InChI=1S/C12H10N4O4S/c1-21(18,19)20-9-4-2-8(3-5-9)10-7-16-11(14-10)6-13-15-12(16)17/h2-7H,1H3,(H,15,17). The summed E-state index contributed by atoms with van der Waals surface area (Å²) >= 11 is 0. The Morgan fingerprint density at radius 3 is 2.57 bits per heavy atom. The smallest absolute Gasteiger partial charge is 0.347 e. The van der Waals surface area contributed by atoms with E-state index in [1.165, 1.54) is 22.7 Å². The summed E-state index contributed by atoms with van der Waals surface area (Å²) < 4.78 is 28.1. The van der Waals surface area contributed by atoms with Gasteiger partial charge in [0.15, 0.2) is 5.65 Å². The molecule has 0 bridgehead atoms. The molecule has 3 aromatic rings. The molecule has 9 heteroatoms. The highest BCUT2D eigenvalue weighted by Crippen LogP contribution is 2.22. The van der Waals surface area contributed by atoms with Crippen LogP contribution in [0.15, 0.2) is 41.5 Å². The number of hydrogen-bond acceptors (Lipinski definition) is 6. The molecule has 0 spiro atoms. The van der Waals surface area contributed by atoms with Crippen LogP contribution in [0.25, 0.3) is 16.9 Å². The van der Waals surface area contributed by atoms with Crippen LogP contribution in [0.5, 0.6) is 5.75 Å². The molecule has 0 amide bonds. The fourth-order valence-corrected chi connectivity index (χ4v) is 2.30. The summed E-state index contributed by atoms with van der Waals surface area (Å²) in [5.74, 6) is 0.213. The Morgan fingerprint density at radius 1 is 1.24 bits per heavy atom. The van der Waals surface area contributed by atoms with Crippen molar-refractivity contribution in [3.05, 3.63) is 47.1 Å². The molecule has 108 valence electrons. The third-order valence-corrected chi connectivity index (χ3v) is 3.19. The van der Waals surface area contributed by atoms with Gasteiger partial charge >= 0.3 is 15.8 Å². The predicted octanol–water partition coefficient (Wildman–Crippen LogP) is 0.423. The van der Waals surface area contributed by atoms with Crippen molar-refractivity contribution in [1.82, 2.24) is 19.6 Å². The number of nitrogens with one attached hydrogen (secondary N) is 1. The molecular weight excluding hydrogens is 296 g/mol. The summed E-state index contributed by atoms with van der Waals surface area (Å²) in [7, 11) is -3.55. The molecule has 0 atom stereocenters. The van der Waals surface area contributed by atoms with Crippen LogP contribution in [0.3, 0.4) is 0 Å². The average molecular weight is 306 g/mol. The molecule has 0 aliphatic carbocycles. The van der Waals surface area contributed by atoms with Gasteiger partial charge in [-0.25, -0.2) is 19.3 Å². The first-order valence-electron chi connectivity index (χ1n) is 5.85. The fourth-order valence-electron chi connectivity index (χ4n) is 1.84. The van der Waals surface area contributed by atoms with E-state index < -0.39 is 10.1 Å². The summed E-state index contributed by atoms with van der Waals surface area (Å²) in [6.07, 6.45) is 3.98. The summed E-state index contributed by atoms with van der Waals surface area (Å²) in [4.78, 5) is 15.8. The number of benzene rings is 1. The minimum atomic E-state index is -3.55. The van der Waals surface area contributed by atoms with Gasteiger partial charge in [0, 0.05) is 11.8 Å². The van der Waals surface area contributed by atoms with Crippen LogP contribution in [0, 0.1) is 0 Å². The lowest BCUT2D eigenvalue weighted by Crippen LogP contribution is -2.15. The van der Waals surface area contributed by atoms with Crippen LogP contribution in [0.1, 0.15) is 0 Å². The number of nitrogens with zero attached hydrogens (tertiary/aromatic N) is 3. The van der Waals surface area contributed by atoms with E-state index in [0.29, 0.717) is 11.3 Å². The number of aromatic amines is 1. The van der Waals surface area contributed by atoms with E-state index in [-0.39, 0.29) is 11.4 Å². The van der Waals surface area contributed by atoms with Gasteiger partial charge in [-0.2, -0.15) is 13.5 Å². The summed E-state index contributed by atoms with van der Waals surface area (Å²) in [6.45, 7) is 0.